The number of fused-ring (bicyclic) bond motifs is 1. The Morgan fingerprint density at radius 2 is 2.00 bits per heavy atom. The number of aromatic nitrogens is 4. The number of nitrogens with one attached hydrogen (secondary N) is 1. The molecule has 0 amide bonds. The van der Waals surface area contributed by atoms with Crippen molar-refractivity contribution in [3.05, 3.63) is 41.1 Å². The number of ketones is 1. The Kier molecular flexibility index (Phi) is 4.46. The first kappa shape index (κ1) is 16.6. The Bertz CT molecular complexity index is 840. The van der Waals surface area contributed by atoms with Crippen LogP contribution in [0.15, 0.2) is 35.5 Å². The van der Waals surface area contributed by atoms with Crippen LogP contribution in [0.25, 0.3) is 0 Å². The molecule has 1 aromatic heterocycles. The number of Topliss-reactive ketones (excluding diaryl/α,β-unsaturated/α-hetero) is 1. The van der Waals surface area contributed by atoms with E-state index < -0.39 is 12.0 Å². The van der Waals surface area contributed by atoms with Crippen LogP contribution < -0.4 is 10.1 Å². The summed E-state index contributed by atoms with van der Waals surface area (Å²) in [6.07, 6.45) is 0. The first-order valence-corrected chi connectivity index (χ1v) is 7.67. The van der Waals surface area contributed by atoms with Crippen molar-refractivity contribution in [2.45, 2.75) is 19.9 Å². The lowest BCUT2D eigenvalue weighted by Crippen LogP contribution is -2.32. The molecule has 25 heavy (non-hydrogen) atoms. The third kappa shape index (κ3) is 2.95. The second-order valence-corrected chi connectivity index (χ2v) is 5.31. The number of methoxy groups -OCH3 is 1. The molecule has 1 aliphatic rings. The molecule has 130 valence electrons. The molecule has 1 atom stereocenters. The van der Waals surface area contributed by atoms with Gasteiger partial charge in [0, 0.05) is 0 Å². The average Bonchev–Trinajstić information content (AvgIpc) is 3.08. The largest absolute Gasteiger partial charge is 0.494 e. The lowest BCUT2D eigenvalue weighted by Gasteiger charge is -2.27. The second-order valence-electron chi connectivity index (χ2n) is 5.31. The van der Waals surface area contributed by atoms with E-state index in [1.54, 1.807) is 12.1 Å². The van der Waals surface area contributed by atoms with Crippen LogP contribution in [0.3, 0.4) is 0 Å². The SMILES string of the molecule is CCOc1ccc([C@@H]2C(C(C)=O)=C(C(=O)OC)Nc3nnnn32)cc1. The Morgan fingerprint density at radius 1 is 1.28 bits per heavy atom. The highest BCUT2D eigenvalue weighted by Crippen LogP contribution is 2.35. The van der Waals surface area contributed by atoms with Gasteiger partial charge in [-0.3, -0.25) is 4.79 Å². The van der Waals surface area contributed by atoms with Gasteiger partial charge in [-0.2, -0.15) is 4.68 Å². The van der Waals surface area contributed by atoms with Crippen molar-refractivity contribution in [3.8, 4) is 5.75 Å². The maximum absolute atomic E-state index is 12.3. The molecule has 3 rings (SSSR count). The van der Waals surface area contributed by atoms with E-state index in [-0.39, 0.29) is 23.0 Å². The fourth-order valence-electron chi connectivity index (χ4n) is 2.74. The molecule has 1 N–H and O–H groups in total. The van der Waals surface area contributed by atoms with Crippen molar-refractivity contribution >= 4 is 17.7 Å². The molecule has 0 unspecified atom stereocenters. The van der Waals surface area contributed by atoms with Crippen LogP contribution in [0.4, 0.5) is 5.95 Å². The number of anilines is 1. The van der Waals surface area contributed by atoms with Gasteiger partial charge in [-0.1, -0.05) is 17.2 Å². The predicted octanol–water partition coefficient (Wildman–Crippen LogP) is 1.10. The zero-order valence-corrected chi connectivity index (χ0v) is 14.0. The highest BCUT2D eigenvalue weighted by Gasteiger charge is 2.36. The number of carbonyl (C=O) groups excluding carboxylic acids is 2. The number of tetrazole rings is 1. The van der Waals surface area contributed by atoms with E-state index in [1.807, 2.05) is 19.1 Å². The van der Waals surface area contributed by atoms with Gasteiger partial charge in [0.2, 0.25) is 5.95 Å². The third-order valence-corrected chi connectivity index (χ3v) is 3.79. The van der Waals surface area contributed by atoms with Crippen molar-refractivity contribution < 1.29 is 19.1 Å². The first-order valence-electron chi connectivity index (χ1n) is 7.67. The normalized spacial score (nSPS) is 16.0. The van der Waals surface area contributed by atoms with Crippen LogP contribution in [0.2, 0.25) is 0 Å². The second kappa shape index (κ2) is 6.71. The predicted molar refractivity (Wildman–Crippen MR) is 86.9 cm³/mol. The molecule has 1 aliphatic heterocycles. The Balaban J connectivity index is 2.15. The van der Waals surface area contributed by atoms with Crippen LogP contribution in [-0.2, 0) is 14.3 Å². The molecule has 2 heterocycles. The van der Waals surface area contributed by atoms with Gasteiger partial charge in [0.05, 0.1) is 19.3 Å². The van der Waals surface area contributed by atoms with Gasteiger partial charge in [0.25, 0.3) is 0 Å². The summed E-state index contributed by atoms with van der Waals surface area (Å²) >= 11 is 0. The Labute approximate surface area is 143 Å². The zero-order chi connectivity index (χ0) is 18.0. The topological polar surface area (TPSA) is 108 Å². The minimum absolute atomic E-state index is 0.0381. The van der Waals surface area contributed by atoms with Gasteiger partial charge in [0.1, 0.15) is 17.5 Å². The van der Waals surface area contributed by atoms with Crippen molar-refractivity contribution in [2.75, 3.05) is 19.0 Å². The van der Waals surface area contributed by atoms with Crippen molar-refractivity contribution in [1.29, 1.82) is 0 Å². The molecule has 0 aliphatic carbocycles. The number of benzene rings is 1. The molecule has 1 aromatic carbocycles. The standard InChI is InChI=1S/C16H17N5O4/c1-4-25-11-7-5-10(6-8-11)14-12(9(2)22)13(15(23)24-3)17-16-18-19-20-21(14)16/h5-8,14H,4H2,1-3H3,(H,17,18,20)/t14-/m1/s1. The molecule has 9 nitrogen and oxygen atoms in total. The van der Waals surface area contributed by atoms with Crippen molar-refractivity contribution in [3.63, 3.8) is 0 Å². The van der Waals surface area contributed by atoms with E-state index in [0.717, 1.165) is 5.56 Å². The van der Waals surface area contributed by atoms with E-state index in [9.17, 15) is 9.59 Å². The molecule has 0 saturated carbocycles. The molecule has 0 fully saturated rings. The maximum Gasteiger partial charge on any atom is 0.355 e. The van der Waals surface area contributed by atoms with Crippen LogP contribution in [-0.4, -0.2) is 45.7 Å². The number of rotatable bonds is 5. The van der Waals surface area contributed by atoms with Crippen molar-refractivity contribution in [1.82, 2.24) is 20.2 Å². The highest BCUT2D eigenvalue weighted by molar-refractivity contribution is 6.05. The molecule has 0 saturated heterocycles. The lowest BCUT2D eigenvalue weighted by atomic mass is 9.93. The minimum Gasteiger partial charge on any atom is -0.494 e. The van der Waals surface area contributed by atoms with E-state index in [2.05, 4.69) is 20.8 Å². The van der Waals surface area contributed by atoms with Gasteiger partial charge in [-0.25, -0.2) is 4.79 Å². The summed E-state index contributed by atoms with van der Waals surface area (Å²) in [7, 11) is 1.25. The minimum atomic E-state index is -0.657. The van der Waals surface area contributed by atoms with E-state index in [4.69, 9.17) is 9.47 Å². The van der Waals surface area contributed by atoms with E-state index in [1.165, 1.54) is 18.7 Å². The number of nitrogens with zero attached hydrogens (tertiary/aromatic N) is 4. The van der Waals surface area contributed by atoms with Gasteiger partial charge in [-0.15, -0.1) is 0 Å². The molecular formula is C16H17N5O4. The highest BCUT2D eigenvalue weighted by atomic mass is 16.5. The van der Waals surface area contributed by atoms with Crippen LogP contribution >= 0.6 is 0 Å². The monoisotopic (exact) mass is 343 g/mol. The van der Waals surface area contributed by atoms with E-state index >= 15 is 0 Å². The Hall–Kier alpha value is -3.23. The van der Waals surface area contributed by atoms with Gasteiger partial charge >= 0.3 is 5.97 Å². The number of ether oxygens (including phenoxy) is 2. The molecular weight excluding hydrogens is 326 g/mol. The summed E-state index contributed by atoms with van der Waals surface area (Å²) in [5.41, 5.74) is 1.01. The van der Waals surface area contributed by atoms with E-state index in [0.29, 0.717) is 12.4 Å². The zero-order valence-electron chi connectivity index (χ0n) is 14.0. The van der Waals surface area contributed by atoms with Gasteiger partial charge in [0.15, 0.2) is 5.78 Å². The molecule has 9 heteroatoms. The number of carbonyl (C=O) groups is 2. The smallest absolute Gasteiger partial charge is 0.355 e. The summed E-state index contributed by atoms with van der Waals surface area (Å²) < 4.78 is 11.7. The number of esters is 1. The molecule has 2 aromatic rings. The number of hydrogen-bond donors (Lipinski definition) is 1. The number of allylic oxidation sites excluding steroid dienone is 1. The van der Waals surface area contributed by atoms with Crippen LogP contribution in [0.5, 0.6) is 5.75 Å². The Morgan fingerprint density at radius 3 is 2.60 bits per heavy atom. The van der Waals surface area contributed by atoms with Gasteiger partial charge in [-0.05, 0) is 42.0 Å². The fourth-order valence-corrected chi connectivity index (χ4v) is 2.74. The maximum atomic E-state index is 12.3. The molecule has 0 radical (unpaired) electrons. The van der Waals surface area contributed by atoms with Crippen molar-refractivity contribution in [2.24, 2.45) is 0 Å². The summed E-state index contributed by atoms with van der Waals surface area (Å²) in [5, 5.41) is 14.2. The summed E-state index contributed by atoms with van der Waals surface area (Å²) in [5.74, 6) is 0.0197. The molecule has 0 bridgehead atoms. The summed E-state index contributed by atoms with van der Waals surface area (Å²) in [6.45, 7) is 3.83. The fraction of sp³-hybridized carbons (Fsp3) is 0.312. The number of hydrogen-bond acceptors (Lipinski definition) is 8. The third-order valence-electron chi connectivity index (χ3n) is 3.79. The summed E-state index contributed by atoms with van der Waals surface area (Å²) in [4.78, 5) is 24.4. The quantitative estimate of drug-likeness (QED) is 0.804. The average molecular weight is 343 g/mol. The summed E-state index contributed by atoms with van der Waals surface area (Å²) in [6, 6.07) is 6.56. The lowest BCUT2D eigenvalue weighted by molar-refractivity contribution is -0.136. The van der Waals surface area contributed by atoms with Crippen LogP contribution in [0, 0.1) is 0 Å². The van der Waals surface area contributed by atoms with Gasteiger partial charge < -0.3 is 14.8 Å². The van der Waals surface area contributed by atoms with Crippen LogP contribution in [0.1, 0.15) is 25.5 Å². The first-order chi connectivity index (χ1) is 12.1. The molecule has 0 spiro atoms.